The molecular formula is C13H18N2O4S2. The topological polar surface area (TPSA) is 98.5 Å². The number of carbonyl (C=O) groups excluding carboxylic acids is 1. The number of ether oxygens (including phenoxy) is 1. The summed E-state index contributed by atoms with van der Waals surface area (Å²) in [5.41, 5.74) is 5.96. The van der Waals surface area contributed by atoms with E-state index in [1.165, 1.54) is 12.1 Å². The van der Waals surface area contributed by atoms with Crippen LogP contribution in [0.2, 0.25) is 0 Å². The molecule has 1 aromatic carbocycles. The SMILES string of the molecule is CCOC(=O)CCCNS(=O)(=O)c1cccc(C(N)=S)c1. The summed E-state index contributed by atoms with van der Waals surface area (Å²) in [5, 5.41) is 0. The zero-order valence-electron chi connectivity index (χ0n) is 11.7. The van der Waals surface area contributed by atoms with Crippen LogP contribution in [0.5, 0.6) is 0 Å². The van der Waals surface area contributed by atoms with E-state index in [-0.39, 0.29) is 28.8 Å². The molecule has 1 rings (SSSR count). The predicted molar refractivity (Wildman–Crippen MR) is 83.4 cm³/mol. The number of sulfonamides is 1. The fraction of sp³-hybridized carbons (Fsp3) is 0.385. The predicted octanol–water partition coefficient (Wildman–Crippen LogP) is 0.942. The van der Waals surface area contributed by atoms with Crippen molar-refractivity contribution in [2.45, 2.75) is 24.7 Å². The fourth-order valence-electron chi connectivity index (χ4n) is 1.57. The van der Waals surface area contributed by atoms with Crippen LogP contribution in [0.3, 0.4) is 0 Å². The summed E-state index contributed by atoms with van der Waals surface area (Å²) in [6, 6.07) is 6.08. The molecule has 1 aromatic rings. The Morgan fingerprint density at radius 3 is 2.76 bits per heavy atom. The molecule has 0 aromatic heterocycles. The number of hydrogen-bond donors (Lipinski definition) is 2. The van der Waals surface area contributed by atoms with Crippen LogP contribution in [0.15, 0.2) is 29.2 Å². The van der Waals surface area contributed by atoms with E-state index in [4.69, 9.17) is 22.7 Å². The summed E-state index contributed by atoms with van der Waals surface area (Å²) >= 11 is 4.82. The number of nitrogens with one attached hydrogen (secondary N) is 1. The van der Waals surface area contributed by atoms with Crippen molar-refractivity contribution in [3.05, 3.63) is 29.8 Å². The van der Waals surface area contributed by atoms with Crippen molar-refractivity contribution < 1.29 is 17.9 Å². The Bertz CT molecular complexity index is 614. The Morgan fingerprint density at radius 1 is 1.43 bits per heavy atom. The lowest BCUT2D eigenvalue weighted by Gasteiger charge is -2.08. The van der Waals surface area contributed by atoms with Gasteiger partial charge in [-0.15, -0.1) is 0 Å². The van der Waals surface area contributed by atoms with E-state index in [0.29, 0.717) is 18.6 Å². The zero-order valence-corrected chi connectivity index (χ0v) is 13.3. The van der Waals surface area contributed by atoms with E-state index in [1.807, 2.05) is 0 Å². The minimum atomic E-state index is -3.64. The minimum absolute atomic E-state index is 0.0870. The van der Waals surface area contributed by atoms with Crippen LogP contribution >= 0.6 is 12.2 Å². The average molecular weight is 330 g/mol. The van der Waals surface area contributed by atoms with Gasteiger partial charge in [0.15, 0.2) is 0 Å². The largest absolute Gasteiger partial charge is 0.466 e. The molecule has 0 fully saturated rings. The molecule has 21 heavy (non-hydrogen) atoms. The molecule has 0 heterocycles. The highest BCUT2D eigenvalue weighted by Crippen LogP contribution is 2.11. The summed E-state index contributed by atoms with van der Waals surface area (Å²) in [6.45, 7) is 2.18. The van der Waals surface area contributed by atoms with E-state index >= 15 is 0 Å². The van der Waals surface area contributed by atoms with Crippen molar-refractivity contribution in [1.29, 1.82) is 0 Å². The third kappa shape index (κ3) is 5.78. The van der Waals surface area contributed by atoms with E-state index in [1.54, 1.807) is 19.1 Å². The van der Waals surface area contributed by atoms with E-state index in [9.17, 15) is 13.2 Å². The van der Waals surface area contributed by atoms with Gasteiger partial charge in [0.1, 0.15) is 4.99 Å². The van der Waals surface area contributed by atoms with Crippen LogP contribution < -0.4 is 10.5 Å². The maximum Gasteiger partial charge on any atom is 0.305 e. The molecule has 0 spiro atoms. The summed E-state index contributed by atoms with van der Waals surface area (Å²) < 4.78 is 31.3. The van der Waals surface area contributed by atoms with E-state index in [2.05, 4.69) is 4.72 Å². The lowest BCUT2D eigenvalue weighted by atomic mass is 10.2. The molecule has 0 aliphatic heterocycles. The maximum atomic E-state index is 12.1. The van der Waals surface area contributed by atoms with Crippen LogP contribution in [0, 0.1) is 0 Å². The lowest BCUT2D eigenvalue weighted by molar-refractivity contribution is -0.143. The monoisotopic (exact) mass is 330 g/mol. The standard InChI is InChI=1S/C13H18N2O4S2/c1-2-19-12(16)7-4-8-15-21(17,18)11-6-3-5-10(9-11)13(14)20/h3,5-6,9,15H,2,4,7-8H2,1H3,(H2,14,20). The molecule has 0 aliphatic carbocycles. The quantitative estimate of drug-likeness (QED) is 0.418. The fourth-order valence-corrected chi connectivity index (χ4v) is 2.82. The molecule has 0 saturated heterocycles. The summed E-state index contributed by atoms with van der Waals surface area (Å²) in [7, 11) is -3.64. The highest BCUT2D eigenvalue weighted by atomic mass is 32.2. The molecule has 0 saturated carbocycles. The molecule has 0 aliphatic rings. The van der Waals surface area contributed by atoms with Gasteiger partial charge < -0.3 is 10.5 Å². The van der Waals surface area contributed by atoms with Gasteiger partial charge in [-0.2, -0.15) is 0 Å². The molecule has 0 amide bonds. The highest BCUT2D eigenvalue weighted by molar-refractivity contribution is 7.89. The summed E-state index contributed by atoms with van der Waals surface area (Å²) in [6.07, 6.45) is 0.538. The van der Waals surface area contributed by atoms with Crippen molar-refractivity contribution >= 4 is 33.2 Å². The second kappa shape index (κ2) is 8.06. The third-order valence-corrected chi connectivity index (χ3v) is 4.28. The molecule has 0 radical (unpaired) electrons. The molecule has 0 atom stereocenters. The minimum Gasteiger partial charge on any atom is -0.466 e. The molecule has 0 unspecified atom stereocenters. The van der Waals surface area contributed by atoms with Crippen molar-refractivity contribution in [3.63, 3.8) is 0 Å². The van der Waals surface area contributed by atoms with Gasteiger partial charge in [0.2, 0.25) is 10.0 Å². The summed E-state index contributed by atoms with van der Waals surface area (Å²) in [4.78, 5) is 11.4. The Hall–Kier alpha value is -1.51. The van der Waals surface area contributed by atoms with Crippen LogP contribution in [0.1, 0.15) is 25.3 Å². The second-order valence-corrected chi connectivity index (χ2v) is 6.41. The molecule has 8 heteroatoms. The highest BCUT2D eigenvalue weighted by Gasteiger charge is 2.14. The molecule has 116 valence electrons. The Labute approximate surface area is 129 Å². The Morgan fingerprint density at radius 2 is 2.14 bits per heavy atom. The first-order chi connectivity index (χ1) is 9.86. The number of thiocarbonyl (C=S) groups is 1. The third-order valence-electron chi connectivity index (χ3n) is 2.58. The van der Waals surface area contributed by atoms with Gasteiger partial charge in [-0.05, 0) is 25.5 Å². The first kappa shape index (κ1) is 17.5. The van der Waals surface area contributed by atoms with Crippen LogP contribution in [0.25, 0.3) is 0 Å². The van der Waals surface area contributed by atoms with Gasteiger partial charge in [0.05, 0.1) is 11.5 Å². The number of benzene rings is 1. The van der Waals surface area contributed by atoms with Gasteiger partial charge in [-0.3, -0.25) is 4.79 Å². The van der Waals surface area contributed by atoms with Crippen LogP contribution in [-0.4, -0.2) is 32.5 Å². The van der Waals surface area contributed by atoms with Gasteiger partial charge >= 0.3 is 5.97 Å². The van der Waals surface area contributed by atoms with Crippen molar-refractivity contribution in [2.75, 3.05) is 13.2 Å². The summed E-state index contributed by atoms with van der Waals surface area (Å²) in [5.74, 6) is -0.341. The maximum absolute atomic E-state index is 12.1. The number of rotatable bonds is 8. The van der Waals surface area contributed by atoms with Gasteiger partial charge in [-0.1, -0.05) is 24.4 Å². The zero-order chi connectivity index (χ0) is 15.9. The number of nitrogens with two attached hydrogens (primary N) is 1. The first-order valence-electron chi connectivity index (χ1n) is 6.42. The van der Waals surface area contributed by atoms with Crippen molar-refractivity contribution in [3.8, 4) is 0 Å². The van der Waals surface area contributed by atoms with Crippen LogP contribution in [0.4, 0.5) is 0 Å². The Kier molecular flexibility index (Phi) is 6.73. The van der Waals surface area contributed by atoms with Gasteiger partial charge in [0.25, 0.3) is 0 Å². The van der Waals surface area contributed by atoms with Crippen molar-refractivity contribution in [2.24, 2.45) is 5.73 Å². The number of hydrogen-bond acceptors (Lipinski definition) is 5. The average Bonchev–Trinajstić information content (AvgIpc) is 2.44. The van der Waals surface area contributed by atoms with Gasteiger partial charge in [-0.25, -0.2) is 13.1 Å². The molecule has 3 N–H and O–H groups in total. The molecular weight excluding hydrogens is 312 g/mol. The van der Waals surface area contributed by atoms with E-state index < -0.39 is 10.0 Å². The number of esters is 1. The van der Waals surface area contributed by atoms with E-state index in [0.717, 1.165) is 0 Å². The second-order valence-electron chi connectivity index (χ2n) is 4.20. The smallest absolute Gasteiger partial charge is 0.305 e. The lowest BCUT2D eigenvalue weighted by Crippen LogP contribution is -2.25. The normalized spacial score (nSPS) is 11.1. The Balaban J connectivity index is 2.60. The first-order valence-corrected chi connectivity index (χ1v) is 8.31. The van der Waals surface area contributed by atoms with Crippen molar-refractivity contribution in [1.82, 2.24) is 4.72 Å². The number of carbonyl (C=O) groups is 1. The molecule has 0 bridgehead atoms. The molecule has 6 nitrogen and oxygen atoms in total. The van der Waals surface area contributed by atoms with Gasteiger partial charge in [0, 0.05) is 18.5 Å². The van der Waals surface area contributed by atoms with Crippen LogP contribution in [-0.2, 0) is 19.6 Å².